The quantitative estimate of drug-likeness (QED) is 0.556. The summed E-state index contributed by atoms with van der Waals surface area (Å²) >= 11 is 0. The summed E-state index contributed by atoms with van der Waals surface area (Å²) in [5.41, 5.74) is 0.0240. The topological polar surface area (TPSA) is 83.6 Å². The van der Waals surface area contributed by atoms with Gasteiger partial charge in [-0.25, -0.2) is 9.97 Å². The second kappa shape index (κ2) is 7.23. The zero-order chi connectivity index (χ0) is 18.6. The number of nitrogens with one attached hydrogen (secondary N) is 2. The number of fused-ring (bicyclic) bond motifs is 1. The summed E-state index contributed by atoms with van der Waals surface area (Å²) in [6.45, 7) is 0.165. The Morgan fingerprint density at radius 1 is 1.27 bits per heavy atom. The van der Waals surface area contributed by atoms with Crippen LogP contribution in [0.4, 0.5) is 13.2 Å². The maximum atomic E-state index is 12.8. The molecule has 0 aromatic carbocycles. The Kier molecular flexibility index (Phi) is 4.84. The van der Waals surface area contributed by atoms with E-state index < -0.39 is 17.6 Å². The summed E-state index contributed by atoms with van der Waals surface area (Å²) in [6, 6.07) is 4.33. The van der Waals surface area contributed by atoms with E-state index in [4.69, 9.17) is 0 Å². The highest BCUT2D eigenvalue weighted by Gasteiger charge is 2.32. The number of aromatic amines is 1. The van der Waals surface area contributed by atoms with Crippen molar-refractivity contribution in [1.82, 2.24) is 25.3 Å². The van der Waals surface area contributed by atoms with E-state index in [-0.39, 0.29) is 24.4 Å². The van der Waals surface area contributed by atoms with Crippen LogP contribution in [0, 0.1) is 11.8 Å². The summed E-state index contributed by atoms with van der Waals surface area (Å²) in [4.78, 5) is 26.5. The smallest absolute Gasteiger partial charge is 0.348 e. The van der Waals surface area contributed by atoms with Gasteiger partial charge < -0.3 is 10.3 Å². The van der Waals surface area contributed by atoms with Gasteiger partial charge in [-0.1, -0.05) is 11.8 Å². The van der Waals surface area contributed by atoms with E-state index >= 15 is 0 Å². The monoisotopic (exact) mass is 359 g/mol. The number of amides is 1. The number of imidazole rings is 1. The lowest BCUT2D eigenvalue weighted by atomic mass is 10.1. The minimum Gasteiger partial charge on any atom is -0.348 e. The number of carbonyl (C=O) groups excluding carboxylic acids is 1. The predicted molar refractivity (Wildman–Crippen MR) is 87.0 cm³/mol. The number of aromatic nitrogens is 4. The van der Waals surface area contributed by atoms with Crippen LogP contribution in [0.15, 0.2) is 36.8 Å². The summed E-state index contributed by atoms with van der Waals surface area (Å²) < 4.78 is 38.5. The fourth-order valence-electron chi connectivity index (χ4n) is 2.17. The van der Waals surface area contributed by atoms with Crippen molar-refractivity contribution in [2.24, 2.45) is 0 Å². The van der Waals surface area contributed by atoms with Crippen molar-refractivity contribution < 1.29 is 18.0 Å². The second-order valence-corrected chi connectivity index (χ2v) is 5.19. The molecular weight excluding hydrogens is 347 g/mol. The van der Waals surface area contributed by atoms with Crippen LogP contribution in [0.25, 0.3) is 11.2 Å². The van der Waals surface area contributed by atoms with Crippen LogP contribution in [0.5, 0.6) is 0 Å². The van der Waals surface area contributed by atoms with Crippen molar-refractivity contribution in [3.05, 3.63) is 53.7 Å². The van der Waals surface area contributed by atoms with Crippen molar-refractivity contribution in [1.29, 1.82) is 0 Å². The number of nitrogens with zero attached hydrogens (tertiary/aromatic N) is 3. The molecule has 0 fully saturated rings. The van der Waals surface area contributed by atoms with Crippen LogP contribution in [-0.4, -0.2) is 32.4 Å². The maximum absolute atomic E-state index is 12.8. The summed E-state index contributed by atoms with van der Waals surface area (Å²) in [6.07, 6.45) is -0.618. The first-order valence-corrected chi connectivity index (χ1v) is 7.54. The van der Waals surface area contributed by atoms with E-state index in [9.17, 15) is 18.0 Å². The molecule has 0 aliphatic rings. The number of hydrogen-bond donors (Lipinski definition) is 2. The molecule has 0 unspecified atom stereocenters. The number of rotatable bonds is 3. The van der Waals surface area contributed by atoms with Gasteiger partial charge in [0.05, 0.1) is 16.6 Å². The van der Waals surface area contributed by atoms with E-state index in [2.05, 4.69) is 37.1 Å². The molecule has 0 saturated carbocycles. The maximum Gasteiger partial charge on any atom is 0.417 e. The fraction of sp³-hybridized carbons (Fsp3) is 0.176. The molecule has 3 aromatic heterocycles. The first-order valence-electron chi connectivity index (χ1n) is 7.54. The van der Waals surface area contributed by atoms with Crippen LogP contribution in [0.1, 0.15) is 28.2 Å². The lowest BCUT2D eigenvalue weighted by Crippen LogP contribution is -2.25. The summed E-state index contributed by atoms with van der Waals surface area (Å²) in [5.74, 6) is 4.70. The molecule has 0 spiro atoms. The molecule has 0 bridgehead atoms. The molecule has 1 amide bonds. The number of pyridine rings is 2. The Morgan fingerprint density at radius 3 is 2.88 bits per heavy atom. The lowest BCUT2D eigenvalue weighted by Gasteiger charge is -2.07. The van der Waals surface area contributed by atoms with E-state index in [0.717, 1.165) is 18.5 Å². The molecule has 0 aliphatic carbocycles. The molecular formula is C17H12F3N5O. The predicted octanol–water partition coefficient (Wildman–Crippen LogP) is 2.54. The average molecular weight is 359 g/mol. The lowest BCUT2D eigenvalue weighted by molar-refractivity contribution is -0.137. The van der Waals surface area contributed by atoms with Gasteiger partial charge in [-0.3, -0.25) is 9.78 Å². The number of H-pyrrole nitrogens is 1. The van der Waals surface area contributed by atoms with Gasteiger partial charge in [0.1, 0.15) is 0 Å². The first-order chi connectivity index (χ1) is 12.4. The highest BCUT2D eigenvalue weighted by molar-refractivity contribution is 5.93. The van der Waals surface area contributed by atoms with Crippen molar-refractivity contribution in [2.75, 3.05) is 6.54 Å². The molecule has 9 heteroatoms. The van der Waals surface area contributed by atoms with E-state index in [1.165, 1.54) is 0 Å². The summed E-state index contributed by atoms with van der Waals surface area (Å²) in [5, 5.41) is 2.59. The van der Waals surface area contributed by atoms with Gasteiger partial charge in [0.2, 0.25) is 0 Å². The van der Waals surface area contributed by atoms with E-state index in [1.54, 1.807) is 18.3 Å². The van der Waals surface area contributed by atoms with Crippen LogP contribution in [-0.2, 0) is 6.18 Å². The third kappa shape index (κ3) is 3.97. The standard InChI is InChI=1S/C17H12F3N5O/c18-17(19,20)12-6-9-21-10-11(12)4-1-2-7-23-16(26)15-24-13-5-3-8-22-14(13)25-15/h3,5-6,8-10H,2,7H2,(H,23,26)(H,22,24,25). The van der Waals surface area contributed by atoms with Crippen LogP contribution < -0.4 is 5.32 Å². The van der Waals surface area contributed by atoms with E-state index in [0.29, 0.717) is 11.2 Å². The molecule has 0 saturated heterocycles. The highest BCUT2D eigenvalue weighted by Crippen LogP contribution is 2.30. The molecule has 0 atom stereocenters. The minimum absolute atomic E-state index is 0.110. The Balaban J connectivity index is 1.58. The van der Waals surface area contributed by atoms with Gasteiger partial charge in [0.25, 0.3) is 5.91 Å². The van der Waals surface area contributed by atoms with E-state index in [1.807, 2.05) is 0 Å². The van der Waals surface area contributed by atoms with Crippen LogP contribution >= 0.6 is 0 Å². The molecule has 3 heterocycles. The molecule has 6 nitrogen and oxygen atoms in total. The summed E-state index contributed by atoms with van der Waals surface area (Å²) in [7, 11) is 0. The van der Waals surface area contributed by atoms with Crippen molar-refractivity contribution in [2.45, 2.75) is 12.6 Å². The zero-order valence-electron chi connectivity index (χ0n) is 13.3. The van der Waals surface area contributed by atoms with Crippen LogP contribution in [0.2, 0.25) is 0 Å². The molecule has 26 heavy (non-hydrogen) atoms. The van der Waals surface area contributed by atoms with Crippen LogP contribution in [0.3, 0.4) is 0 Å². The Morgan fingerprint density at radius 2 is 2.12 bits per heavy atom. The minimum atomic E-state index is -4.49. The SMILES string of the molecule is O=C(NCCC#Cc1cnccc1C(F)(F)F)c1nc2ncccc2[nH]1. The van der Waals surface area contributed by atoms with Gasteiger partial charge in [0.15, 0.2) is 11.5 Å². The normalized spacial score (nSPS) is 11.0. The molecule has 2 N–H and O–H groups in total. The average Bonchev–Trinajstić information content (AvgIpc) is 3.05. The van der Waals surface area contributed by atoms with Gasteiger partial charge in [-0.15, -0.1) is 0 Å². The zero-order valence-corrected chi connectivity index (χ0v) is 13.3. The second-order valence-electron chi connectivity index (χ2n) is 5.19. The highest BCUT2D eigenvalue weighted by atomic mass is 19.4. The fourth-order valence-corrected chi connectivity index (χ4v) is 2.17. The third-order valence-corrected chi connectivity index (χ3v) is 3.36. The molecule has 3 rings (SSSR count). The number of carbonyl (C=O) groups is 1. The molecule has 0 radical (unpaired) electrons. The number of halogens is 3. The third-order valence-electron chi connectivity index (χ3n) is 3.36. The van der Waals surface area contributed by atoms with Crippen molar-refractivity contribution in [3.63, 3.8) is 0 Å². The number of alkyl halides is 3. The Bertz CT molecular complexity index is 968. The van der Waals surface area contributed by atoms with Crippen molar-refractivity contribution >= 4 is 17.1 Å². The Labute approximate surface area is 145 Å². The molecule has 132 valence electrons. The van der Waals surface area contributed by atoms with Gasteiger partial charge >= 0.3 is 6.18 Å². The number of hydrogen-bond acceptors (Lipinski definition) is 4. The van der Waals surface area contributed by atoms with Gasteiger partial charge in [-0.05, 0) is 18.2 Å². The first kappa shape index (κ1) is 17.4. The Hall–Kier alpha value is -3.41. The van der Waals surface area contributed by atoms with Gasteiger partial charge in [-0.2, -0.15) is 13.2 Å². The molecule has 3 aromatic rings. The van der Waals surface area contributed by atoms with Crippen molar-refractivity contribution in [3.8, 4) is 11.8 Å². The largest absolute Gasteiger partial charge is 0.417 e. The van der Waals surface area contributed by atoms with Gasteiger partial charge in [0, 0.05) is 31.6 Å². The molecule has 0 aliphatic heterocycles.